The molecule has 5 heteroatoms. The number of amides is 1. The fourth-order valence-electron chi connectivity index (χ4n) is 3.18. The third-order valence-corrected chi connectivity index (χ3v) is 4.11. The van der Waals surface area contributed by atoms with Crippen molar-refractivity contribution >= 4 is 5.91 Å². The Hall–Kier alpha value is -1.52. The number of hydrogen-bond donors (Lipinski definition) is 1. The van der Waals surface area contributed by atoms with Crippen molar-refractivity contribution in [3.63, 3.8) is 0 Å². The second-order valence-corrected chi connectivity index (χ2v) is 5.78. The molecular weight excluding hydrogens is 279 g/mol. The van der Waals surface area contributed by atoms with Gasteiger partial charge in [-0.25, -0.2) is 0 Å². The number of benzene rings is 1. The lowest BCUT2D eigenvalue weighted by Gasteiger charge is -2.27. The molecule has 1 amide bonds. The van der Waals surface area contributed by atoms with Gasteiger partial charge in [-0.05, 0) is 62.1 Å². The normalized spacial score (nSPS) is 18.2. The number of hydrogen-bond acceptors (Lipinski definition) is 1. The van der Waals surface area contributed by atoms with Gasteiger partial charge >= 0.3 is 12.1 Å². The molecule has 2 rings (SSSR count). The molecule has 0 heterocycles. The van der Waals surface area contributed by atoms with Crippen LogP contribution in [0.15, 0.2) is 12.1 Å². The van der Waals surface area contributed by atoms with Gasteiger partial charge in [0.05, 0.1) is 0 Å². The molecule has 0 fully saturated rings. The predicted molar refractivity (Wildman–Crippen MR) is 75.3 cm³/mol. The molecule has 1 unspecified atom stereocenters. The van der Waals surface area contributed by atoms with Crippen LogP contribution in [0.25, 0.3) is 0 Å². The van der Waals surface area contributed by atoms with Crippen LogP contribution in [-0.4, -0.2) is 18.6 Å². The molecule has 1 N–H and O–H groups in total. The van der Waals surface area contributed by atoms with Crippen LogP contribution >= 0.6 is 0 Å². The van der Waals surface area contributed by atoms with Crippen molar-refractivity contribution < 1.29 is 18.0 Å². The highest BCUT2D eigenvalue weighted by Crippen LogP contribution is 2.36. The first kappa shape index (κ1) is 15.9. The van der Waals surface area contributed by atoms with E-state index in [1.165, 1.54) is 22.3 Å². The van der Waals surface area contributed by atoms with E-state index in [4.69, 9.17) is 0 Å². The minimum atomic E-state index is -4.79. The Morgan fingerprint density at radius 3 is 2.71 bits per heavy atom. The Morgan fingerprint density at radius 2 is 2.05 bits per heavy atom. The number of carbonyl (C=O) groups excluding carboxylic acids is 1. The van der Waals surface area contributed by atoms with E-state index in [1.54, 1.807) is 0 Å². The zero-order chi connectivity index (χ0) is 15.6. The second kappa shape index (κ2) is 6.08. The summed E-state index contributed by atoms with van der Waals surface area (Å²) in [5, 5.41) is 1.97. The molecule has 116 valence electrons. The van der Waals surface area contributed by atoms with E-state index in [0.29, 0.717) is 6.42 Å². The smallest absolute Gasteiger partial charge is 0.348 e. The molecule has 0 aliphatic heterocycles. The molecule has 0 saturated carbocycles. The van der Waals surface area contributed by atoms with E-state index in [9.17, 15) is 18.0 Å². The van der Waals surface area contributed by atoms with Gasteiger partial charge in [-0.3, -0.25) is 4.79 Å². The molecule has 0 radical (unpaired) electrons. The topological polar surface area (TPSA) is 29.1 Å². The van der Waals surface area contributed by atoms with Crippen LogP contribution in [0.4, 0.5) is 13.2 Å². The molecule has 0 bridgehead atoms. The molecule has 1 aliphatic rings. The van der Waals surface area contributed by atoms with E-state index in [1.807, 2.05) is 12.2 Å². The largest absolute Gasteiger partial charge is 0.471 e. The molecule has 0 aromatic heterocycles. The Labute approximate surface area is 122 Å². The van der Waals surface area contributed by atoms with Crippen LogP contribution in [0.2, 0.25) is 0 Å². The predicted octanol–water partition coefficient (Wildman–Crippen LogP) is 3.79. The summed E-state index contributed by atoms with van der Waals surface area (Å²) in [5.41, 5.74) is 5.02. The summed E-state index contributed by atoms with van der Waals surface area (Å²) in [6, 6.07) is 4.28. The molecule has 1 atom stereocenters. The van der Waals surface area contributed by atoms with E-state index in [2.05, 4.69) is 19.1 Å². The van der Waals surface area contributed by atoms with Crippen molar-refractivity contribution in [2.24, 2.45) is 0 Å². The standard InChI is InChI=1S/C16H20F3NO/c1-10-8-11(2)13-5-3-4-12(14(13)9-10)6-7-20-15(21)16(17,18)19/h8-9,12H,3-7H2,1-2H3,(H,20,21). The minimum absolute atomic E-state index is 0.0649. The molecule has 0 spiro atoms. The van der Waals surface area contributed by atoms with Crippen molar-refractivity contribution in [1.29, 1.82) is 0 Å². The summed E-state index contributed by atoms with van der Waals surface area (Å²) in [7, 11) is 0. The van der Waals surface area contributed by atoms with Gasteiger partial charge in [-0.1, -0.05) is 17.7 Å². The zero-order valence-electron chi connectivity index (χ0n) is 12.3. The van der Waals surface area contributed by atoms with Crippen molar-refractivity contribution in [2.75, 3.05) is 6.54 Å². The van der Waals surface area contributed by atoms with Crippen molar-refractivity contribution in [1.82, 2.24) is 5.32 Å². The fourth-order valence-corrected chi connectivity index (χ4v) is 3.18. The lowest BCUT2D eigenvalue weighted by molar-refractivity contribution is -0.173. The van der Waals surface area contributed by atoms with Gasteiger partial charge in [-0.15, -0.1) is 0 Å². The Kier molecular flexibility index (Phi) is 4.59. The first-order chi connectivity index (χ1) is 9.79. The van der Waals surface area contributed by atoms with Gasteiger partial charge < -0.3 is 5.32 Å². The number of halogens is 3. The molecule has 0 saturated heterocycles. The molecule has 1 aromatic rings. The van der Waals surface area contributed by atoms with Crippen LogP contribution in [0.1, 0.15) is 47.4 Å². The summed E-state index contributed by atoms with van der Waals surface area (Å²) < 4.78 is 36.4. The van der Waals surface area contributed by atoms with Gasteiger partial charge in [0.2, 0.25) is 0 Å². The molecular formula is C16H20F3NO. The highest BCUT2D eigenvalue weighted by atomic mass is 19.4. The van der Waals surface area contributed by atoms with Crippen LogP contribution in [-0.2, 0) is 11.2 Å². The SMILES string of the molecule is Cc1cc(C)c2c(c1)C(CCNC(=O)C(F)(F)F)CCC2. The first-order valence-electron chi connectivity index (χ1n) is 7.24. The summed E-state index contributed by atoms with van der Waals surface area (Å²) in [5.74, 6) is -1.61. The van der Waals surface area contributed by atoms with Crippen molar-refractivity contribution in [3.05, 3.63) is 34.4 Å². The molecule has 2 nitrogen and oxygen atoms in total. The zero-order valence-corrected chi connectivity index (χ0v) is 12.3. The average molecular weight is 299 g/mol. The number of alkyl halides is 3. The number of rotatable bonds is 3. The minimum Gasteiger partial charge on any atom is -0.348 e. The lowest BCUT2D eigenvalue weighted by atomic mass is 9.78. The summed E-state index contributed by atoms with van der Waals surface area (Å²) >= 11 is 0. The van der Waals surface area contributed by atoms with Gasteiger partial charge in [0.15, 0.2) is 0 Å². The van der Waals surface area contributed by atoms with Gasteiger partial charge in [0.25, 0.3) is 0 Å². The van der Waals surface area contributed by atoms with Crippen molar-refractivity contribution in [3.8, 4) is 0 Å². The summed E-state index contributed by atoms with van der Waals surface area (Å²) in [6.45, 7) is 4.18. The molecule has 1 aliphatic carbocycles. The second-order valence-electron chi connectivity index (χ2n) is 5.78. The summed E-state index contributed by atoms with van der Waals surface area (Å²) in [6.07, 6.45) is -1.19. The van der Waals surface area contributed by atoms with E-state index in [0.717, 1.165) is 19.3 Å². The van der Waals surface area contributed by atoms with Gasteiger partial charge in [0.1, 0.15) is 0 Å². The van der Waals surface area contributed by atoms with Crippen LogP contribution in [0.5, 0.6) is 0 Å². The lowest BCUT2D eigenvalue weighted by Crippen LogP contribution is -2.37. The van der Waals surface area contributed by atoms with Gasteiger partial charge in [-0.2, -0.15) is 13.2 Å². The fraction of sp³-hybridized carbons (Fsp3) is 0.562. The number of fused-ring (bicyclic) bond motifs is 1. The van der Waals surface area contributed by atoms with Crippen molar-refractivity contribution in [2.45, 2.75) is 51.6 Å². The van der Waals surface area contributed by atoms with Crippen LogP contribution in [0.3, 0.4) is 0 Å². The first-order valence-corrected chi connectivity index (χ1v) is 7.24. The Morgan fingerprint density at radius 1 is 1.33 bits per heavy atom. The average Bonchev–Trinajstić information content (AvgIpc) is 2.38. The van der Waals surface area contributed by atoms with Crippen LogP contribution < -0.4 is 5.32 Å². The molecule has 21 heavy (non-hydrogen) atoms. The Bertz CT molecular complexity index is 537. The third-order valence-electron chi connectivity index (χ3n) is 4.11. The monoisotopic (exact) mass is 299 g/mol. The van der Waals surface area contributed by atoms with Crippen LogP contribution in [0, 0.1) is 13.8 Å². The van der Waals surface area contributed by atoms with E-state index in [-0.39, 0.29) is 12.5 Å². The maximum atomic E-state index is 12.1. The molecule has 1 aromatic carbocycles. The highest BCUT2D eigenvalue weighted by molar-refractivity contribution is 5.81. The highest BCUT2D eigenvalue weighted by Gasteiger charge is 2.38. The maximum absolute atomic E-state index is 12.1. The number of nitrogens with one attached hydrogen (secondary N) is 1. The number of aryl methyl sites for hydroxylation is 2. The third kappa shape index (κ3) is 3.77. The Balaban J connectivity index is 2.03. The van der Waals surface area contributed by atoms with Gasteiger partial charge in [0, 0.05) is 6.54 Å². The van der Waals surface area contributed by atoms with E-state index < -0.39 is 12.1 Å². The number of carbonyl (C=O) groups is 1. The summed E-state index contributed by atoms with van der Waals surface area (Å²) in [4.78, 5) is 10.8. The quantitative estimate of drug-likeness (QED) is 0.904. The van der Waals surface area contributed by atoms with E-state index >= 15 is 0 Å². The maximum Gasteiger partial charge on any atom is 0.471 e.